The van der Waals surface area contributed by atoms with E-state index >= 15 is 0 Å². The van der Waals surface area contributed by atoms with Crippen LogP contribution in [0.4, 0.5) is 6.01 Å². The molecule has 0 bridgehead atoms. The zero-order valence-corrected chi connectivity index (χ0v) is 9.31. The van der Waals surface area contributed by atoms with Crippen LogP contribution in [0.25, 0.3) is 0 Å². The Morgan fingerprint density at radius 1 is 1.60 bits per heavy atom. The second-order valence-corrected chi connectivity index (χ2v) is 4.34. The summed E-state index contributed by atoms with van der Waals surface area (Å²) in [5, 5.41) is 16.4. The number of halogens is 1. The molecule has 0 spiro atoms. The smallest absolute Gasteiger partial charge is 0.318 e. The second-order valence-electron chi connectivity index (χ2n) is 3.69. The molecule has 1 aromatic rings. The molecule has 0 aromatic carbocycles. The molecule has 15 heavy (non-hydrogen) atoms. The standard InChI is InChI=1S/C9H14ClN3O2/c1-6(10)8-11-12-9(15-8)13(4-5-14)7-2-3-7/h6-7,14H,2-5H2,1H3. The zero-order valence-electron chi connectivity index (χ0n) is 8.56. The van der Waals surface area contributed by atoms with Crippen molar-refractivity contribution in [3.63, 3.8) is 0 Å². The minimum absolute atomic E-state index is 0.0879. The van der Waals surface area contributed by atoms with Crippen molar-refractivity contribution < 1.29 is 9.52 Å². The van der Waals surface area contributed by atoms with E-state index in [4.69, 9.17) is 21.1 Å². The molecule has 1 aliphatic rings. The van der Waals surface area contributed by atoms with E-state index in [1.807, 2.05) is 4.90 Å². The summed E-state index contributed by atoms with van der Waals surface area (Å²) < 4.78 is 5.42. The highest BCUT2D eigenvalue weighted by Crippen LogP contribution is 2.31. The van der Waals surface area contributed by atoms with Crippen LogP contribution in [0.15, 0.2) is 4.42 Å². The van der Waals surface area contributed by atoms with Crippen LogP contribution in [0.5, 0.6) is 0 Å². The summed E-state index contributed by atoms with van der Waals surface area (Å²) >= 11 is 5.83. The first-order valence-electron chi connectivity index (χ1n) is 5.07. The van der Waals surface area contributed by atoms with Gasteiger partial charge in [0.25, 0.3) is 0 Å². The second kappa shape index (κ2) is 4.37. The molecule has 1 saturated carbocycles. The minimum Gasteiger partial charge on any atom is -0.406 e. The third-order valence-corrected chi connectivity index (χ3v) is 2.53. The summed E-state index contributed by atoms with van der Waals surface area (Å²) in [5.41, 5.74) is 0. The Kier molecular flexibility index (Phi) is 3.11. The maximum absolute atomic E-state index is 8.93. The number of nitrogens with zero attached hydrogens (tertiary/aromatic N) is 3. The van der Waals surface area contributed by atoms with Crippen LogP contribution in [0.1, 0.15) is 31.0 Å². The van der Waals surface area contributed by atoms with Gasteiger partial charge in [0.15, 0.2) is 0 Å². The van der Waals surface area contributed by atoms with Gasteiger partial charge in [0, 0.05) is 12.6 Å². The maximum Gasteiger partial charge on any atom is 0.318 e. The van der Waals surface area contributed by atoms with Gasteiger partial charge in [0.2, 0.25) is 5.89 Å². The van der Waals surface area contributed by atoms with E-state index in [0.29, 0.717) is 24.5 Å². The summed E-state index contributed by atoms with van der Waals surface area (Å²) in [6.45, 7) is 2.40. The molecule has 1 aromatic heterocycles. The van der Waals surface area contributed by atoms with Crippen LogP contribution in [-0.4, -0.2) is 34.5 Å². The van der Waals surface area contributed by atoms with Crippen molar-refractivity contribution >= 4 is 17.6 Å². The average Bonchev–Trinajstić information content (AvgIpc) is 2.91. The molecule has 1 atom stereocenters. The van der Waals surface area contributed by atoms with E-state index in [9.17, 15) is 0 Å². The molecule has 1 fully saturated rings. The van der Waals surface area contributed by atoms with Gasteiger partial charge in [-0.3, -0.25) is 0 Å². The fraction of sp³-hybridized carbons (Fsp3) is 0.778. The fourth-order valence-electron chi connectivity index (χ4n) is 1.43. The highest BCUT2D eigenvalue weighted by Gasteiger charge is 2.32. The predicted octanol–water partition coefficient (Wildman–Crippen LogP) is 1.33. The Bertz CT molecular complexity index is 325. The van der Waals surface area contributed by atoms with Crippen LogP contribution < -0.4 is 4.90 Å². The third-order valence-electron chi connectivity index (χ3n) is 2.34. The number of aliphatic hydroxyl groups excluding tert-OH is 1. The van der Waals surface area contributed by atoms with Crippen LogP contribution in [0.3, 0.4) is 0 Å². The number of alkyl halides is 1. The van der Waals surface area contributed by atoms with Crippen molar-refractivity contribution in [3.05, 3.63) is 5.89 Å². The van der Waals surface area contributed by atoms with Gasteiger partial charge in [-0.15, -0.1) is 16.7 Å². The lowest BCUT2D eigenvalue weighted by molar-refractivity contribution is 0.297. The Balaban J connectivity index is 2.10. The summed E-state index contributed by atoms with van der Waals surface area (Å²) in [4.78, 5) is 1.94. The van der Waals surface area contributed by atoms with Gasteiger partial charge >= 0.3 is 6.01 Å². The molecule has 84 valence electrons. The Hall–Kier alpha value is -0.810. The summed E-state index contributed by atoms with van der Waals surface area (Å²) in [6, 6.07) is 0.908. The molecule has 1 N–H and O–H groups in total. The van der Waals surface area contributed by atoms with Gasteiger partial charge in [-0.1, -0.05) is 5.10 Å². The highest BCUT2D eigenvalue weighted by atomic mass is 35.5. The average molecular weight is 232 g/mol. The number of hydrogen-bond donors (Lipinski definition) is 1. The minimum atomic E-state index is -0.276. The molecule has 6 heteroatoms. The van der Waals surface area contributed by atoms with Crippen molar-refractivity contribution in [1.29, 1.82) is 0 Å². The first kappa shape index (κ1) is 10.7. The lowest BCUT2D eigenvalue weighted by Crippen LogP contribution is -2.29. The number of aliphatic hydroxyl groups is 1. The van der Waals surface area contributed by atoms with Crippen molar-refractivity contribution in [2.24, 2.45) is 0 Å². The largest absolute Gasteiger partial charge is 0.406 e. The molecule has 0 saturated heterocycles. The van der Waals surface area contributed by atoms with Crippen LogP contribution >= 0.6 is 11.6 Å². The quantitative estimate of drug-likeness (QED) is 0.775. The predicted molar refractivity (Wildman–Crippen MR) is 56.0 cm³/mol. The Morgan fingerprint density at radius 3 is 2.80 bits per heavy atom. The van der Waals surface area contributed by atoms with Crippen LogP contribution in [0.2, 0.25) is 0 Å². The molecule has 1 aliphatic carbocycles. The van der Waals surface area contributed by atoms with Crippen LogP contribution in [-0.2, 0) is 0 Å². The molecule has 0 aliphatic heterocycles. The molecule has 0 amide bonds. The van der Waals surface area contributed by atoms with Gasteiger partial charge in [0.1, 0.15) is 5.38 Å². The van der Waals surface area contributed by atoms with Gasteiger partial charge in [-0.25, -0.2) is 0 Å². The normalized spacial score (nSPS) is 17.8. The van der Waals surface area contributed by atoms with E-state index in [0.717, 1.165) is 12.8 Å². The van der Waals surface area contributed by atoms with E-state index in [2.05, 4.69) is 10.2 Å². The number of anilines is 1. The van der Waals surface area contributed by atoms with Gasteiger partial charge in [0.05, 0.1) is 6.61 Å². The van der Waals surface area contributed by atoms with E-state index in [1.165, 1.54) is 0 Å². The topological polar surface area (TPSA) is 62.4 Å². The first-order valence-corrected chi connectivity index (χ1v) is 5.51. The number of aromatic nitrogens is 2. The van der Waals surface area contributed by atoms with E-state index in [-0.39, 0.29) is 12.0 Å². The lowest BCUT2D eigenvalue weighted by atomic mass is 10.5. The van der Waals surface area contributed by atoms with Gasteiger partial charge < -0.3 is 14.4 Å². The Labute approximate surface area is 93.0 Å². The first-order chi connectivity index (χ1) is 7.22. The van der Waals surface area contributed by atoms with Crippen molar-refractivity contribution in [2.75, 3.05) is 18.1 Å². The molecular weight excluding hydrogens is 218 g/mol. The molecule has 1 heterocycles. The number of rotatable bonds is 5. The highest BCUT2D eigenvalue weighted by molar-refractivity contribution is 6.20. The third kappa shape index (κ3) is 2.41. The Morgan fingerprint density at radius 2 is 2.33 bits per heavy atom. The fourth-order valence-corrected chi connectivity index (χ4v) is 1.52. The monoisotopic (exact) mass is 231 g/mol. The van der Waals surface area contributed by atoms with Crippen molar-refractivity contribution in [3.8, 4) is 0 Å². The SMILES string of the molecule is CC(Cl)c1nnc(N(CCO)C2CC2)o1. The summed E-state index contributed by atoms with van der Waals surface area (Å²) in [7, 11) is 0. The van der Waals surface area contributed by atoms with Gasteiger partial charge in [-0.2, -0.15) is 0 Å². The summed E-state index contributed by atoms with van der Waals surface area (Å²) in [6.07, 6.45) is 2.24. The maximum atomic E-state index is 8.93. The zero-order chi connectivity index (χ0) is 10.8. The number of hydrogen-bond acceptors (Lipinski definition) is 5. The molecule has 5 nitrogen and oxygen atoms in total. The van der Waals surface area contributed by atoms with E-state index < -0.39 is 0 Å². The molecular formula is C9H14ClN3O2. The van der Waals surface area contributed by atoms with Crippen molar-refractivity contribution in [1.82, 2.24) is 10.2 Å². The molecule has 1 unspecified atom stereocenters. The lowest BCUT2D eigenvalue weighted by Gasteiger charge is -2.17. The summed E-state index contributed by atoms with van der Waals surface area (Å²) in [5.74, 6) is 0.426. The molecule has 0 radical (unpaired) electrons. The van der Waals surface area contributed by atoms with Crippen LogP contribution in [0, 0.1) is 0 Å². The molecule has 2 rings (SSSR count). The van der Waals surface area contributed by atoms with E-state index in [1.54, 1.807) is 6.92 Å². The van der Waals surface area contributed by atoms with Gasteiger partial charge in [-0.05, 0) is 19.8 Å². The van der Waals surface area contributed by atoms with Crippen molar-refractivity contribution in [2.45, 2.75) is 31.2 Å².